The third kappa shape index (κ3) is 4.48. The molecule has 1 amide bonds. The van der Waals surface area contributed by atoms with Crippen LogP contribution in [0.5, 0.6) is 0 Å². The summed E-state index contributed by atoms with van der Waals surface area (Å²) >= 11 is 0. The third-order valence-electron chi connectivity index (χ3n) is 4.91. The Labute approximate surface area is 148 Å². The van der Waals surface area contributed by atoms with E-state index in [0.717, 1.165) is 43.4 Å². The highest BCUT2D eigenvalue weighted by Gasteiger charge is 2.27. The molecule has 2 aromatic rings. The SMILES string of the molecule is Cc1ccc([C@@H](CNC(=O)c2ccc(F)cc2)N2CCC(C)CC2)o1. The van der Waals surface area contributed by atoms with E-state index in [0.29, 0.717) is 12.1 Å². The minimum atomic E-state index is -0.345. The van der Waals surface area contributed by atoms with Gasteiger partial charge in [0.05, 0.1) is 6.04 Å². The Hall–Kier alpha value is -2.14. The van der Waals surface area contributed by atoms with Gasteiger partial charge < -0.3 is 9.73 Å². The number of furan rings is 1. The summed E-state index contributed by atoms with van der Waals surface area (Å²) in [4.78, 5) is 14.7. The van der Waals surface area contributed by atoms with E-state index in [1.54, 1.807) is 0 Å². The molecule has 1 aromatic heterocycles. The third-order valence-corrected chi connectivity index (χ3v) is 4.91. The van der Waals surface area contributed by atoms with Crippen molar-refractivity contribution in [2.24, 2.45) is 5.92 Å². The first-order valence-electron chi connectivity index (χ1n) is 8.87. The number of nitrogens with one attached hydrogen (secondary N) is 1. The van der Waals surface area contributed by atoms with Crippen molar-refractivity contribution >= 4 is 5.91 Å². The van der Waals surface area contributed by atoms with Crippen LogP contribution in [0.1, 0.15) is 47.7 Å². The molecule has 0 saturated carbocycles. The van der Waals surface area contributed by atoms with Crippen LogP contribution in [0, 0.1) is 18.7 Å². The molecule has 0 spiro atoms. The highest BCUT2D eigenvalue weighted by atomic mass is 19.1. The van der Waals surface area contributed by atoms with Gasteiger partial charge in [-0.3, -0.25) is 9.69 Å². The van der Waals surface area contributed by atoms with E-state index < -0.39 is 0 Å². The molecule has 2 heterocycles. The van der Waals surface area contributed by atoms with Crippen LogP contribution in [-0.2, 0) is 0 Å². The zero-order valence-corrected chi connectivity index (χ0v) is 14.8. The van der Waals surface area contributed by atoms with E-state index in [4.69, 9.17) is 4.42 Å². The zero-order valence-electron chi connectivity index (χ0n) is 14.8. The van der Waals surface area contributed by atoms with Crippen molar-refractivity contribution < 1.29 is 13.6 Å². The maximum absolute atomic E-state index is 13.0. The molecule has 4 nitrogen and oxygen atoms in total. The summed E-state index contributed by atoms with van der Waals surface area (Å²) in [6.07, 6.45) is 2.31. The summed E-state index contributed by atoms with van der Waals surface area (Å²) < 4.78 is 18.8. The Morgan fingerprint density at radius 2 is 1.92 bits per heavy atom. The first-order chi connectivity index (χ1) is 12.0. The molecule has 1 N–H and O–H groups in total. The molecule has 1 aromatic carbocycles. The van der Waals surface area contributed by atoms with E-state index in [2.05, 4.69) is 17.1 Å². The predicted octanol–water partition coefficient (Wildman–Crippen LogP) is 3.93. The predicted molar refractivity (Wildman–Crippen MR) is 94.9 cm³/mol. The zero-order chi connectivity index (χ0) is 17.8. The number of nitrogens with zero attached hydrogens (tertiary/aromatic N) is 1. The second kappa shape index (κ2) is 7.83. The van der Waals surface area contributed by atoms with Gasteiger partial charge in [-0.15, -0.1) is 0 Å². The molecule has 134 valence electrons. The number of rotatable bonds is 5. The van der Waals surface area contributed by atoms with Gasteiger partial charge in [-0.05, 0) is 75.2 Å². The standard InChI is InChI=1S/C20H25FN2O2/c1-14-9-11-23(12-10-14)18(19-8-3-15(2)25-19)13-22-20(24)16-4-6-17(21)7-5-16/h3-8,14,18H,9-13H2,1-2H3,(H,22,24)/t18-/m1/s1. The molecular weight excluding hydrogens is 319 g/mol. The van der Waals surface area contributed by atoms with Crippen molar-refractivity contribution in [1.29, 1.82) is 0 Å². The van der Waals surface area contributed by atoms with Gasteiger partial charge in [0.1, 0.15) is 17.3 Å². The van der Waals surface area contributed by atoms with Gasteiger partial charge in [-0.25, -0.2) is 4.39 Å². The molecule has 1 aliphatic rings. The number of likely N-dealkylation sites (tertiary alicyclic amines) is 1. The van der Waals surface area contributed by atoms with Gasteiger partial charge in [-0.1, -0.05) is 6.92 Å². The molecule has 25 heavy (non-hydrogen) atoms. The van der Waals surface area contributed by atoms with Crippen LogP contribution < -0.4 is 5.32 Å². The van der Waals surface area contributed by atoms with Crippen molar-refractivity contribution in [2.75, 3.05) is 19.6 Å². The van der Waals surface area contributed by atoms with Crippen molar-refractivity contribution in [1.82, 2.24) is 10.2 Å². The fourth-order valence-corrected chi connectivity index (χ4v) is 3.28. The second-order valence-corrected chi connectivity index (χ2v) is 6.90. The number of hydrogen-bond donors (Lipinski definition) is 1. The number of carbonyl (C=O) groups excluding carboxylic acids is 1. The summed E-state index contributed by atoms with van der Waals surface area (Å²) in [7, 11) is 0. The van der Waals surface area contributed by atoms with Gasteiger partial charge in [0, 0.05) is 12.1 Å². The Balaban J connectivity index is 1.69. The Bertz CT molecular complexity index is 703. The molecular formula is C20H25FN2O2. The van der Waals surface area contributed by atoms with E-state index in [1.165, 1.54) is 24.3 Å². The lowest BCUT2D eigenvalue weighted by Gasteiger charge is -2.35. The minimum Gasteiger partial charge on any atom is -0.465 e. The lowest BCUT2D eigenvalue weighted by molar-refractivity contribution is 0.0895. The van der Waals surface area contributed by atoms with Gasteiger partial charge >= 0.3 is 0 Å². The summed E-state index contributed by atoms with van der Waals surface area (Å²) in [5, 5.41) is 2.97. The van der Waals surface area contributed by atoms with Crippen LogP contribution in [0.2, 0.25) is 0 Å². The Morgan fingerprint density at radius 3 is 2.52 bits per heavy atom. The van der Waals surface area contributed by atoms with Crippen molar-refractivity contribution in [3.8, 4) is 0 Å². The molecule has 0 bridgehead atoms. The maximum Gasteiger partial charge on any atom is 0.251 e. The molecule has 1 aliphatic heterocycles. The van der Waals surface area contributed by atoms with E-state index in [-0.39, 0.29) is 17.8 Å². The van der Waals surface area contributed by atoms with E-state index >= 15 is 0 Å². The summed E-state index contributed by atoms with van der Waals surface area (Å²) in [6, 6.07) is 9.56. The number of benzene rings is 1. The van der Waals surface area contributed by atoms with Crippen molar-refractivity contribution in [3.05, 3.63) is 59.3 Å². The Kier molecular flexibility index (Phi) is 5.53. The number of amides is 1. The van der Waals surface area contributed by atoms with Gasteiger partial charge in [0.25, 0.3) is 5.91 Å². The second-order valence-electron chi connectivity index (χ2n) is 6.90. The van der Waals surface area contributed by atoms with Crippen LogP contribution in [0.15, 0.2) is 40.8 Å². The Morgan fingerprint density at radius 1 is 1.24 bits per heavy atom. The summed E-state index contributed by atoms with van der Waals surface area (Å²) in [6.45, 7) is 6.67. The number of halogens is 1. The molecule has 1 atom stereocenters. The van der Waals surface area contributed by atoms with E-state index in [9.17, 15) is 9.18 Å². The van der Waals surface area contributed by atoms with Gasteiger partial charge in [-0.2, -0.15) is 0 Å². The maximum atomic E-state index is 13.0. The van der Waals surface area contributed by atoms with Gasteiger partial charge in [0.15, 0.2) is 0 Å². The molecule has 3 rings (SSSR count). The van der Waals surface area contributed by atoms with Crippen molar-refractivity contribution in [2.45, 2.75) is 32.7 Å². The van der Waals surface area contributed by atoms with Crippen molar-refractivity contribution in [3.63, 3.8) is 0 Å². The average Bonchev–Trinajstić information content (AvgIpc) is 3.03. The number of carbonyl (C=O) groups is 1. The quantitative estimate of drug-likeness (QED) is 0.894. The van der Waals surface area contributed by atoms with Crippen LogP contribution in [-0.4, -0.2) is 30.4 Å². The molecule has 1 fully saturated rings. The largest absolute Gasteiger partial charge is 0.465 e. The van der Waals surface area contributed by atoms with Crippen LogP contribution in [0.3, 0.4) is 0 Å². The smallest absolute Gasteiger partial charge is 0.251 e. The topological polar surface area (TPSA) is 45.5 Å². The fraction of sp³-hybridized carbons (Fsp3) is 0.450. The number of piperidine rings is 1. The molecule has 5 heteroatoms. The lowest BCUT2D eigenvalue weighted by Crippen LogP contribution is -2.41. The molecule has 0 aliphatic carbocycles. The first-order valence-corrected chi connectivity index (χ1v) is 8.87. The highest BCUT2D eigenvalue weighted by molar-refractivity contribution is 5.94. The molecule has 0 radical (unpaired) electrons. The molecule has 1 saturated heterocycles. The molecule has 0 unspecified atom stereocenters. The lowest BCUT2D eigenvalue weighted by atomic mass is 9.97. The monoisotopic (exact) mass is 344 g/mol. The highest BCUT2D eigenvalue weighted by Crippen LogP contribution is 2.27. The average molecular weight is 344 g/mol. The number of hydrogen-bond acceptors (Lipinski definition) is 3. The van der Waals surface area contributed by atoms with Gasteiger partial charge in [0.2, 0.25) is 0 Å². The summed E-state index contributed by atoms with van der Waals surface area (Å²) in [5.41, 5.74) is 0.461. The fourth-order valence-electron chi connectivity index (χ4n) is 3.28. The minimum absolute atomic E-state index is 0.0191. The van der Waals surface area contributed by atoms with Crippen LogP contribution in [0.4, 0.5) is 4.39 Å². The summed E-state index contributed by atoms with van der Waals surface area (Å²) in [5.74, 6) is 1.95. The van der Waals surface area contributed by atoms with E-state index in [1.807, 2.05) is 19.1 Å². The van der Waals surface area contributed by atoms with Crippen LogP contribution in [0.25, 0.3) is 0 Å². The normalized spacial score (nSPS) is 17.4. The first kappa shape index (κ1) is 17.7. The van der Waals surface area contributed by atoms with Crippen LogP contribution >= 0.6 is 0 Å². The number of aryl methyl sites for hydroxylation is 1.